The van der Waals surface area contributed by atoms with Crippen LogP contribution in [0.1, 0.15) is 18.4 Å². The summed E-state index contributed by atoms with van der Waals surface area (Å²) in [6.07, 6.45) is 2.57. The van der Waals surface area contributed by atoms with E-state index in [0.717, 1.165) is 19.3 Å². The van der Waals surface area contributed by atoms with Gasteiger partial charge in [0.05, 0.1) is 0 Å². The van der Waals surface area contributed by atoms with Crippen LogP contribution in [0.2, 0.25) is 0 Å². The highest BCUT2D eigenvalue weighted by atomic mass is 16.3. The van der Waals surface area contributed by atoms with Crippen molar-refractivity contribution in [2.24, 2.45) is 5.92 Å². The summed E-state index contributed by atoms with van der Waals surface area (Å²) in [4.78, 5) is 0. The van der Waals surface area contributed by atoms with Gasteiger partial charge in [0, 0.05) is 13.2 Å². The highest BCUT2D eigenvalue weighted by Crippen LogP contribution is 2.13. The smallest absolute Gasteiger partial charge is 0.0462 e. The van der Waals surface area contributed by atoms with Crippen LogP contribution in [0.4, 0.5) is 0 Å². The Balaban J connectivity index is 2.40. The van der Waals surface area contributed by atoms with Crippen molar-refractivity contribution < 1.29 is 10.2 Å². The molecule has 0 heterocycles. The summed E-state index contributed by atoms with van der Waals surface area (Å²) in [5, 5.41) is 17.8. The maximum Gasteiger partial charge on any atom is 0.0462 e. The van der Waals surface area contributed by atoms with E-state index in [1.54, 1.807) is 0 Å². The molecule has 1 aromatic carbocycles. The summed E-state index contributed by atoms with van der Waals surface area (Å²) in [6, 6.07) is 10.2. The number of aliphatic hydroxyl groups excluding tert-OH is 2. The SMILES string of the molecule is OCCCC(CO)Cc1ccccc1. The van der Waals surface area contributed by atoms with E-state index in [0.29, 0.717) is 0 Å². The predicted molar refractivity (Wildman–Crippen MR) is 57.0 cm³/mol. The molecule has 0 spiro atoms. The number of aliphatic hydroxyl groups is 2. The normalized spacial score (nSPS) is 12.7. The first-order chi connectivity index (χ1) is 6.86. The maximum atomic E-state index is 9.13. The van der Waals surface area contributed by atoms with Crippen LogP contribution >= 0.6 is 0 Å². The van der Waals surface area contributed by atoms with E-state index < -0.39 is 0 Å². The third-order valence-electron chi connectivity index (χ3n) is 2.40. The third kappa shape index (κ3) is 3.90. The Labute approximate surface area is 85.2 Å². The quantitative estimate of drug-likeness (QED) is 0.722. The highest BCUT2D eigenvalue weighted by Gasteiger charge is 2.07. The van der Waals surface area contributed by atoms with Crippen LogP contribution in [-0.4, -0.2) is 23.4 Å². The van der Waals surface area contributed by atoms with Crippen LogP contribution in [0.3, 0.4) is 0 Å². The maximum absolute atomic E-state index is 9.13. The molecule has 0 radical (unpaired) electrons. The minimum Gasteiger partial charge on any atom is -0.396 e. The summed E-state index contributed by atoms with van der Waals surface area (Å²) in [6.45, 7) is 0.417. The van der Waals surface area contributed by atoms with Gasteiger partial charge >= 0.3 is 0 Å². The summed E-state index contributed by atoms with van der Waals surface area (Å²) in [7, 11) is 0. The number of benzene rings is 1. The van der Waals surface area contributed by atoms with Crippen molar-refractivity contribution in [1.82, 2.24) is 0 Å². The molecule has 0 aromatic heterocycles. The van der Waals surface area contributed by atoms with Gasteiger partial charge in [0.1, 0.15) is 0 Å². The van der Waals surface area contributed by atoms with E-state index in [2.05, 4.69) is 12.1 Å². The first-order valence-electron chi connectivity index (χ1n) is 5.12. The molecule has 0 aliphatic heterocycles. The van der Waals surface area contributed by atoms with Crippen LogP contribution in [0, 0.1) is 5.92 Å². The second-order valence-corrected chi connectivity index (χ2v) is 3.60. The lowest BCUT2D eigenvalue weighted by Gasteiger charge is -2.12. The lowest BCUT2D eigenvalue weighted by atomic mass is 9.96. The second kappa shape index (κ2) is 6.57. The van der Waals surface area contributed by atoms with Crippen molar-refractivity contribution in [2.45, 2.75) is 19.3 Å². The monoisotopic (exact) mass is 194 g/mol. The van der Waals surface area contributed by atoms with E-state index in [1.807, 2.05) is 18.2 Å². The van der Waals surface area contributed by atoms with Crippen LogP contribution in [0.5, 0.6) is 0 Å². The molecule has 0 saturated heterocycles. The largest absolute Gasteiger partial charge is 0.396 e. The van der Waals surface area contributed by atoms with Crippen molar-refractivity contribution in [3.63, 3.8) is 0 Å². The fourth-order valence-corrected chi connectivity index (χ4v) is 1.59. The first kappa shape index (κ1) is 11.2. The van der Waals surface area contributed by atoms with Crippen LogP contribution in [-0.2, 0) is 6.42 Å². The topological polar surface area (TPSA) is 40.5 Å². The Kier molecular flexibility index (Phi) is 5.27. The molecular weight excluding hydrogens is 176 g/mol. The van der Waals surface area contributed by atoms with E-state index >= 15 is 0 Å². The van der Waals surface area contributed by atoms with Gasteiger partial charge in [-0.3, -0.25) is 0 Å². The molecule has 1 atom stereocenters. The van der Waals surface area contributed by atoms with Gasteiger partial charge in [0.15, 0.2) is 0 Å². The van der Waals surface area contributed by atoms with Crippen molar-refractivity contribution >= 4 is 0 Å². The van der Waals surface area contributed by atoms with Crippen molar-refractivity contribution in [2.75, 3.05) is 13.2 Å². The highest BCUT2D eigenvalue weighted by molar-refractivity contribution is 5.15. The predicted octanol–water partition coefficient (Wildman–Crippen LogP) is 1.61. The minimum absolute atomic E-state index is 0.203. The zero-order valence-corrected chi connectivity index (χ0v) is 8.39. The minimum atomic E-state index is 0.203. The Bertz CT molecular complexity index is 233. The molecule has 0 bridgehead atoms. The molecule has 0 aliphatic carbocycles. The van der Waals surface area contributed by atoms with Crippen LogP contribution in [0.15, 0.2) is 30.3 Å². The van der Waals surface area contributed by atoms with Gasteiger partial charge in [0.25, 0.3) is 0 Å². The zero-order valence-electron chi connectivity index (χ0n) is 8.39. The molecule has 0 saturated carbocycles. The van der Waals surface area contributed by atoms with Gasteiger partial charge in [-0.15, -0.1) is 0 Å². The molecule has 0 amide bonds. The van der Waals surface area contributed by atoms with Crippen LogP contribution in [0.25, 0.3) is 0 Å². The van der Waals surface area contributed by atoms with E-state index in [-0.39, 0.29) is 19.1 Å². The van der Waals surface area contributed by atoms with Crippen molar-refractivity contribution in [3.8, 4) is 0 Å². The molecule has 1 aromatic rings. The molecule has 0 aliphatic rings. The molecule has 78 valence electrons. The van der Waals surface area contributed by atoms with Gasteiger partial charge < -0.3 is 10.2 Å². The molecule has 2 nitrogen and oxygen atoms in total. The van der Waals surface area contributed by atoms with Crippen molar-refractivity contribution in [1.29, 1.82) is 0 Å². The average Bonchev–Trinajstić information content (AvgIpc) is 2.25. The van der Waals surface area contributed by atoms with Crippen molar-refractivity contribution in [3.05, 3.63) is 35.9 Å². The Morgan fingerprint density at radius 2 is 1.79 bits per heavy atom. The zero-order chi connectivity index (χ0) is 10.2. The lowest BCUT2D eigenvalue weighted by molar-refractivity contribution is 0.201. The number of rotatable bonds is 6. The summed E-state index contributed by atoms with van der Waals surface area (Å²) in [5.41, 5.74) is 1.25. The Morgan fingerprint density at radius 3 is 2.36 bits per heavy atom. The summed E-state index contributed by atoms with van der Waals surface area (Å²) < 4.78 is 0. The van der Waals surface area contributed by atoms with E-state index in [9.17, 15) is 0 Å². The summed E-state index contributed by atoms with van der Waals surface area (Å²) in [5.74, 6) is 0.282. The average molecular weight is 194 g/mol. The van der Waals surface area contributed by atoms with E-state index in [4.69, 9.17) is 10.2 Å². The van der Waals surface area contributed by atoms with Gasteiger partial charge in [-0.05, 0) is 30.7 Å². The van der Waals surface area contributed by atoms with Gasteiger partial charge in [-0.1, -0.05) is 30.3 Å². The number of hydrogen-bond donors (Lipinski definition) is 2. The Hall–Kier alpha value is -0.860. The molecule has 1 rings (SSSR count). The molecular formula is C12H18O2. The standard InChI is InChI=1S/C12H18O2/c13-8-4-7-12(10-14)9-11-5-2-1-3-6-11/h1-3,5-6,12-14H,4,7-10H2. The summed E-state index contributed by atoms with van der Waals surface area (Å²) >= 11 is 0. The molecule has 1 unspecified atom stereocenters. The van der Waals surface area contributed by atoms with Crippen LogP contribution < -0.4 is 0 Å². The Morgan fingerprint density at radius 1 is 1.07 bits per heavy atom. The lowest BCUT2D eigenvalue weighted by Crippen LogP contribution is -2.10. The first-order valence-corrected chi connectivity index (χ1v) is 5.12. The fraction of sp³-hybridized carbons (Fsp3) is 0.500. The van der Waals surface area contributed by atoms with Gasteiger partial charge in [-0.25, -0.2) is 0 Å². The number of hydrogen-bond acceptors (Lipinski definition) is 2. The molecule has 2 N–H and O–H groups in total. The fourth-order valence-electron chi connectivity index (χ4n) is 1.59. The molecule has 0 fully saturated rings. The van der Waals surface area contributed by atoms with E-state index in [1.165, 1.54) is 5.56 Å². The van der Waals surface area contributed by atoms with Gasteiger partial charge in [-0.2, -0.15) is 0 Å². The van der Waals surface area contributed by atoms with Gasteiger partial charge in [0.2, 0.25) is 0 Å². The third-order valence-corrected chi connectivity index (χ3v) is 2.40. The molecule has 2 heteroatoms. The molecule has 14 heavy (non-hydrogen) atoms. The second-order valence-electron chi connectivity index (χ2n) is 3.60.